The number of benzene rings is 1. The largest absolute Gasteiger partial charge is 0.459 e. The number of carbonyl (C=O) groups excluding carboxylic acids is 1. The molecule has 1 N–H and O–H groups in total. The Balaban J connectivity index is 0.00000208. The highest BCUT2D eigenvalue weighted by atomic mass is 35.5. The van der Waals surface area contributed by atoms with Crippen molar-refractivity contribution in [1.29, 1.82) is 0 Å². The van der Waals surface area contributed by atoms with E-state index in [4.69, 9.17) is 4.42 Å². The Morgan fingerprint density at radius 1 is 1.42 bits per heavy atom. The summed E-state index contributed by atoms with van der Waals surface area (Å²) >= 11 is 0. The molecule has 1 amide bonds. The van der Waals surface area contributed by atoms with E-state index in [1.165, 1.54) is 0 Å². The van der Waals surface area contributed by atoms with Crippen LogP contribution < -0.4 is 5.32 Å². The van der Waals surface area contributed by atoms with Crippen LogP contribution in [0.15, 0.2) is 47.1 Å². The first-order valence-electron chi connectivity index (χ1n) is 7.46. The van der Waals surface area contributed by atoms with E-state index in [2.05, 4.69) is 10.4 Å². The van der Waals surface area contributed by atoms with Gasteiger partial charge in [-0.05, 0) is 19.2 Å². The van der Waals surface area contributed by atoms with Crippen LogP contribution in [0.4, 0.5) is 0 Å². The van der Waals surface area contributed by atoms with Gasteiger partial charge in [0.05, 0.1) is 12.7 Å². The first-order valence-corrected chi connectivity index (χ1v) is 7.46. The van der Waals surface area contributed by atoms with Crippen LogP contribution >= 0.6 is 12.4 Å². The molecule has 6 nitrogen and oxygen atoms in total. The topological polar surface area (TPSA) is 63.3 Å². The maximum Gasteiger partial charge on any atom is 0.244 e. The highest BCUT2D eigenvalue weighted by molar-refractivity contribution is 5.85. The molecule has 0 aliphatic rings. The third-order valence-corrected chi connectivity index (χ3v) is 3.84. The van der Waals surface area contributed by atoms with Gasteiger partial charge in [0.2, 0.25) is 5.91 Å². The van der Waals surface area contributed by atoms with Gasteiger partial charge in [0.25, 0.3) is 0 Å². The van der Waals surface area contributed by atoms with Crippen molar-refractivity contribution in [2.75, 3.05) is 14.1 Å². The third kappa shape index (κ3) is 3.60. The number of furan rings is 1. The van der Waals surface area contributed by atoms with Crippen LogP contribution in [0.3, 0.4) is 0 Å². The second-order valence-electron chi connectivity index (χ2n) is 5.61. The van der Waals surface area contributed by atoms with E-state index in [0.717, 1.165) is 22.3 Å². The Hall–Kier alpha value is -2.31. The minimum Gasteiger partial charge on any atom is -0.459 e. The van der Waals surface area contributed by atoms with Gasteiger partial charge in [0.15, 0.2) is 0 Å². The van der Waals surface area contributed by atoms with Gasteiger partial charge in [0.1, 0.15) is 17.4 Å². The van der Waals surface area contributed by atoms with Crippen molar-refractivity contribution in [3.63, 3.8) is 0 Å². The molecule has 24 heavy (non-hydrogen) atoms. The fraction of sp³-hybridized carbons (Fsp3) is 0.294. The number of nitrogens with zero attached hydrogens (tertiary/aromatic N) is 3. The predicted molar refractivity (Wildman–Crippen MR) is 94.9 cm³/mol. The molecule has 3 aromatic rings. The Morgan fingerprint density at radius 3 is 2.79 bits per heavy atom. The normalized spacial score (nSPS) is 12.0. The highest BCUT2D eigenvalue weighted by Gasteiger charge is 2.24. The summed E-state index contributed by atoms with van der Waals surface area (Å²) in [6, 6.07) is 9.37. The van der Waals surface area contributed by atoms with Gasteiger partial charge in [-0.2, -0.15) is 5.10 Å². The summed E-state index contributed by atoms with van der Waals surface area (Å²) in [4.78, 5) is 14.3. The Bertz CT molecular complexity index is 794. The van der Waals surface area contributed by atoms with Gasteiger partial charge in [-0.15, -0.1) is 12.4 Å². The van der Waals surface area contributed by atoms with E-state index >= 15 is 0 Å². The van der Waals surface area contributed by atoms with Crippen molar-refractivity contribution in [3.05, 3.63) is 54.0 Å². The molecule has 0 aliphatic carbocycles. The number of aromatic nitrogens is 2. The van der Waals surface area contributed by atoms with Crippen LogP contribution in [0.1, 0.15) is 17.4 Å². The zero-order chi connectivity index (χ0) is 16.4. The lowest BCUT2D eigenvalue weighted by Gasteiger charge is -2.22. The summed E-state index contributed by atoms with van der Waals surface area (Å²) < 4.78 is 7.47. The Labute approximate surface area is 146 Å². The molecule has 1 unspecified atom stereocenters. The molecule has 0 bridgehead atoms. The lowest BCUT2D eigenvalue weighted by atomic mass is 10.1. The number of halogens is 1. The molecular formula is C17H21ClN4O2. The first-order chi connectivity index (χ1) is 11.1. The summed E-state index contributed by atoms with van der Waals surface area (Å²) in [5.74, 6) is 0.740. The molecule has 1 aromatic carbocycles. The molecule has 0 radical (unpaired) electrons. The maximum atomic E-state index is 12.7. The smallest absolute Gasteiger partial charge is 0.244 e. The monoisotopic (exact) mass is 348 g/mol. The van der Waals surface area contributed by atoms with E-state index in [-0.39, 0.29) is 18.3 Å². The lowest BCUT2D eigenvalue weighted by molar-refractivity contribution is -0.132. The molecule has 3 rings (SSSR count). The summed E-state index contributed by atoms with van der Waals surface area (Å²) in [5.41, 5.74) is 1.68. The molecule has 0 fully saturated rings. The zero-order valence-electron chi connectivity index (χ0n) is 13.9. The Morgan fingerprint density at radius 2 is 2.17 bits per heavy atom. The summed E-state index contributed by atoms with van der Waals surface area (Å²) in [7, 11) is 5.37. The quantitative estimate of drug-likeness (QED) is 0.769. The molecule has 7 heteroatoms. The fourth-order valence-corrected chi connectivity index (χ4v) is 2.67. The van der Waals surface area contributed by atoms with Crippen LogP contribution in [0.25, 0.3) is 11.0 Å². The molecule has 0 saturated heterocycles. The lowest BCUT2D eigenvalue weighted by Crippen LogP contribution is -2.36. The van der Waals surface area contributed by atoms with E-state index in [1.54, 1.807) is 29.9 Å². The van der Waals surface area contributed by atoms with E-state index < -0.39 is 6.04 Å². The van der Waals surface area contributed by atoms with Crippen molar-refractivity contribution >= 4 is 29.3 Å². The second-order valence-corrected chi connectivity index (χ2v) is 5.61. The number of carbonyl (C=O) groups is 1. The van der Waals surface area contributed by atoms with Crippen molar-refractivity contribution in [3.8, 4) is 0 Å². The molecule has 1 atom stereocenters. The third-order valence-electron chi connectivity index (χ3n) is 3.84. The van der Waals surface area contributed by atoms with Gasteiger partial charge in [0, 0.05) is 31.2 Å². The predicted octanol–water partition coefficient (Wildman–Crippen LogP) is 2.51. The summed E-state index contributed by atoms with van der Waals surface area (Å²) in [6.07, 6.45) is 3.54. The van der Waals surface area contributed by atoms with Gasteiger partial charge < -0.3 is 14.6 Å². The van der Waals surface area contributed by atoms with Gasteiger partial charge in [-0.1, -0.05) is 18.2 Å². The van der Waals surface area contributed by atoms with E-state index in [1.807, 2.05) is 43.6 Å². The van der Waals surface area contributed by atoms with Crippen molar-refractivity contribution < 1.29 is 9.21 Å². The van der Waals surface area contributed by atoms with Crippen LogP contribution in [0.2, 0.25) is 0 Å². The molecule has 0 saturated carbocycles. The second kappa shape index (κ2) is 7.51. The summed E-state index contributed by atoms with van der Waals surface area (Å²) in [6.45, 7) is 0.423. The van der Waals surface area contributed by atoms with E-state index in [9.17, 15) is 4.79 Å². The molecule has 2 aromatic heterocycles. The molecular weight excluding hydrogens is 328 g/mol. The van der Waals surface area contributed by atoms with Crippen LogP contribution in [0, 0.1) is 0 Å². The van der Waals surface area contributed by atoms with Crippen molar-refractivity contribution in [2.45, 2.75) is 12.6 Å². The SMILES string of the molecule is CNC(C(=O)N(C)Cc1cc2ccccc2o1)c1cnn(C)c1.Cl. The Kier molecular flexibility index (Phi) is 5.64. The standard InChI is InChI=1S/C17H20N4O2.ClH/c1-18-16(13-9-19-21(3)10-13)17(22)20(2)11-14-8-12-6-4-5-7-15(12)23-14;/h4-10,16,18H,11H2,1-3H3;1H. The van der Waals surface area contributed by atoms with Crippen molar-refractivity contribution in [2.24, 2.45) is 7.05 Å². The molecule has 0 aliphatic heterocycles. The van der Waals surface area contributed by atoms with Crippen LogP contribution in [-0.2, 0) is 18.4 Å². The average molecular weight is 349 g/mol. The fourth-order valence-electron chi connectivity index (χ4n) is 2.67. The number of aryl methyl sites for hydroxylation is 1. The highest BCUT2D eigenvalue weighted by Crippen LogP contribution is 2.21. The van der Waals surface area contributed by atoms with Crippen molar-refractivity contribution in [1.82, 2.24) is 20.0 Å². The minimum absolute atomic E-state index is 0. The number of hydrogen-bond acceptors (Lipinski definition) is 4. The number of amides is 1. The van der Waals surface area contributed by atoms with Crippen LogP contribution in [-0.4, -0.2) is 34.7 Å². The molecule has 0 spiro atoms. The minimum atomic E-state index is -0.418. The maximum absolute atomic E-state index is 12.7. The molecule has 2 heterocycles. The summed E-state index contributed by atoms with van der Waals surface area (Å²) in [5, 5.41) is 8.22. The van der Waals surface area contributed by atoms with Gasteiger partial charge in [-0.3, -0.25) is 9.48 Å². The van der Waals surface area contributed by atoms with Gasteiger partial charge >= 0.3 is 0 Å². The van der Waals surface area contributed by atoms with E-state index in [0.29, 0.717) is 6.54 Å². The number of likely N-dealkylation sites (N-methyl/N-ethyl adjacent to an activating group) is 2. The number of fused-ring (bicyclic) bond motifs is 1. The average Bonchev–Trinajstić information content (AvgIpc) is 3.13. The zero-order valence-corrected chi connectivity index (χ0v) is 14.7. The first kappa shape index (κ1) is 18.0. The number of nitrogens with one attached hydrogen (secondary N) is 1. The van der Waals surface area contributed by atoms with Crippen LogP contribution in [0.5, 0.6) is 0 Å². The number of rotatable bonds is 5. The molecule has 128 valence electrons. The number of para-hydroxylation sites is 1. The number of hydrogen-bond donors (Lipinski definition) is 1. The van der Waals surface area contributed by atoms with Gasteiger partial charge in [-0.25, -0.2) is 0 Å².